The Morgan fingerprint density at radius 1 is 1.35 bits per heavy atom. The third-order valence-electron chi connectivity index (χ3n) is 4.71. The molecule has 0 aliphatic carbocycles. The average Bonchev–Trinajstić information content (AvgIpc) is 2.86. The molecule has 2 aromatic rings. The number of hydrogen-bond donors (Lipinski definition) is 2. The third-order valence-corrected chi connectivity index (χ3v) is 4.71. The van der Waals surface area contributed by atoms with E-state index in [1.165, 1.54) is 10.6 Å². The largest absolute Gasteiger partial charge is 0.358 e. The summed E-state index contributed by atoms with van der Waals surface area (Å²) in [6.45, 7) is 9.27. The van der Waals surface area contributed by atoms with E-state index in [1.807, 2.05) is 19.9 Å². The first-order valence-corrected chi connectivity index (χ1v) is 8.12. The Kier molecular flexibility index (Phi) is 3.90. The van der Waals surface area contributed by atoms with Gasteiger partial charge in [0.25, 0.3) is 0 Å². The van der Waals surface area contributed by atoms with Gasteiger partial charge in [-0.3, -0.25) is 4.79 Å². The maximum atomic E-state index is 12.0. The van der Waals surface area contributed by atoms with E-state index in [2.05, 4.69) is 37.0 Å². The number of hydroxylamine groups is 2. The van der Waals surface area contributed by atoms with Gasteiger partial charge in [0, 0.05) is 41.9 Å². The zero-order valence-electron chi connectivity index (χ0n) is 14.2. The summed E-state index contributed by atoms with van der Waals surface area (Å²) in [5.41, 5.74) is 6.02. The minimum Gasteiger partial charge on any atom is -0.358 e. The van der Waals surface area contributed by atoms with Crippen LogP contribution in [0.2, 0.25) is 0 Å². The summed E-state index contributed by atoms with van der Waals surface area (Å²) < 4.78 is 0. The molecule has 1 aromatic heterocycles. The first-order chi connectivity index (χ1) is 10.8. The van der Waals surface area contributed by atoms with Gasteiger partial charge in [-0.25, -0.2) is 0 Å². The molecule has 122 valence electrons. The number of H-pyrrole nitrogens is 1. The van der Waals surface area contributed by atoms with E-state index < -0.39 is 0 Å². The van der Waals surface area contributed by atoms with E-state index in [4.69, 9.17) is 0 Å². The summed E-state index contributed by atoms with van der Waals surface area (Å²) in [6, 6.07) is 8.30. The van der Waals surface area contributed by atoms with Crippen LogP contribution in [0, 0.1) is 6.92 Å². The molecule has 0 fully saturated rings. The van der Waals surface area contributed by atoms with Crippen LogP contribution in [0.25, 0.3) is 11.3 Å². The van der Waals surface area contributed by atoms with Crippen molar-refractivity contribution >= 4 is 5.78 Å². The van der Waals surface area contributed by atoms with E-state index in [0.717, 1.165) is 28.1 Å². The van der Waals surface area contributed by atoms with Crippen molar-refractivity contribution in [1.29, 1.82) is 0 Å². The van der Waals surface area contributed by atoms with Gasteiger partial charge >= 0.3 is 0 Å². The molecule has 1 aliphatic heterocycles. The smallest absolute Gasteiger partial charge is 0.164 e. The zero-order valence-corrected chi connectivity index (χ0v) is 14.2. The Bertz CT molecular complexity index is 759. The fraction of sp³-hybridized carbons (Fsp3) is 0.421. The van der Waals surface area contributed by atoms with Gasteiger partial charge in [-0.15, -0.1) is 0 Å². The predicted molar refractivity (Wildman–Crippen MR) is 90.8 cm³/mol. The molecule has 4 nitrogen and oxygen atoms in total. The van der Waals surface area contributed by atoms with E-state index in [9.17, 15) is 10.0 Å². The number of carbonyl (C=O) groups excluding carboxylic acids is 1. The third kappa shape index (κ3) is 2.84. The molecule has 4 heteroatoms. The van der Waals surface area contributed by atoms with Crippen LogP contribution in [0.1, 0.15) is 54.4 Å². The summed E-state index contributed by atoms with van der Waals surface area (Å²) in [6.07, 6.45) is 0.510. The van der Waals surface area contributed by atoms with Gasteiger partial charge in [-0.2, -0.15) is 5.06 Å². The van der Waals surface area contributed by atoms with Crippen molar-refractivity contribution in [3.63, 3.8) is 0 Å². The molecule has 2 N–H and O–H groups in total. The average molecular weight is 312 g/mol. The maximum Gasteiger partial charge on any atom is 0.164 e. The molecule has 0 bridgehead atoms. The fourth-order valence-electron chi connectivity index (χ4n) is 3.54. The lowest BCUT2D eigenvalue weighted by Gasteiger charge is -2.37. The number of ketones is 1. The van der Waals surface area contributed by atoms with Crippen molar-refractivity contribution in [2.75, 3.05) is 6.54 Å². The standard InChI is InChI=1S/C19H24N2O2/c1-5-18(22)15-9-17(20-12(15)2)13-6-7-16-14(8-13)10-21(23)11-19(16,3)4/h6-9,20,23H,5,10-11H2,1-4H3. The molecule has 0 saturated heterocycles. The number of benzene rings is 1. The second-order valence-electron chi connectivity index (χ2n) is 7.08. The molecule has 1 aromatic carbocycles. The summed E-state index contributed by atoms with van der Waals surface area (Å²) in [5.74, 6) is 0.158. The number of aryl methyl sites for hydroxylation is 1. The molecule has 0 saturated carbocycles. The van der Waals surface area contributed by atoms with E-state index in [0.29, 0.717) is 19.5 Å². The summed E-state index contributed by atoms with van der Waals surface area (Å²) in [7, 11) is 0. The molecule has 0 unspecified atom stereocenters. The quantitative estimate of drug-likeness (QED) is 0.840. The second kappa shape index (κ2) is 5.62. The first-order valence-electron chi connectivity index (χ1n) is 8.12. The summed E-state index contributed by atoms with van der Waals surface area (Å²) >= 11 is 0. The normalized spacial score (nSPS) is 17.1. The molecule has 2 heterocycles. The zero-order chi connectivity index (χ0) is 16.8. The van der Waals surface area contributed by atoms with E-state index in [-0.39, 0.29) is 11.2 Å². The number of nitrogens with zero attached hydrogens (tertiary/aromatic N) is 1. The Morgan fingerprint density at radius 2 is 2.09 bits per heavy atom. The monoisotopic (exact) mass is 312 g/mol. The van der Waals surface area contributed by atoms with Crippen molar-refractivity contribution in [3.05, 3.63) is 46.6 Å². The van der Waals surface area contributed by atoms with Gasteiger partial charge in [-0.05, 0) is 35.7 Å². The van der Waals surface area contributed by atoms with Crippen LogP contribution in [0.5, 0.6) is 0 Å². The van der Waals surface area contributed by atoms with Crippen molar-refractivity contribution in [1.82, 2.24) is 10.0 Å². The lowest BCUT2D eigenvalue weighted by Crippen LogP contribution is -2.40. The van der Waals surface area contributed by atoms with Crippen molar-refractivity contribution in [2.24, 2.45) is 0 Å². The second-order valence-corrected chi connectivity index (χ2v) is 7.08. The van der Waals surface area contributed by atoms with Gasteiger partial charge in [0.1, 0.15) is 0 Å². The summed E-state index contributed by atoms with van der Waals surface area (Å²) in [5, 5.41) is 11.4. The van der Waals surface area contributed by atoms with Crippen LogP contribution in [0.4, 0.5) is 0 Å². The molecule has 0 amide bonds. The maximum absolute atomic E-state index is 12.0. The van der Waals surface area contributed by atoms with Crippen LogP contribution in [-0.2, 0) is 12.0 Å². The van der Waals surface area contributed by atoms with Crippen LogP contribution in [0.15, 0.2) is 24.3 Å². The number of Topliss-reactive ketones (excluding diaryl/α,β-unsaturated/α-hetero) is 1. The Labute approximate surface area is 137 Å². The van der Waals surface area contributed by atoms with Crippen LogP contribution in [0.3, 0.4) is 0 Å². The minimum absolute atomic E-state index is 0.0736. The van der Waals surface area contributed by atoms with E-state index in [1.54, 1.807) is 0 Å². The highest BCUT2D eigenvalue weighted by molar-refractivity contribution is 5.98. The predicted octanol–water partition coefficient (Wildman–Crippen LogP) is 4.07. The highest BCUT2D eigenvalue weighted by Crippen LogP contribution is 2.35. The van der Waals surface area contributed by atoms with Crippen molar-refractivity contribution in [2.45, 2.75) is 46.1 Å². The van der Waals surface area contributed by atoms with Crippen LogP contribution >= 0.6 is 0 Å². The number of carbonyl (C=O) groups is 1. The van der Waals surface area contributed by atoms with Gasteiger partial charge in [0.05, 0.1) is 0 Å². The Hall–Kier alpha value is -1.91. The molecule has 1 aliphatic rings. The van der Waals surface area contributed by atoms with Gasteiger partial charge in [0.2, 0.25) is 0 Å². The Balaban J connectivity index is 2.03. The number of nitrogens with one attached hydrogen (secondary N) is 1. The molecular formula is C19H24N2O2. The lowest BCUT2D eigenvalue weighted by atomic mass is 9.78. The number of aromatic amines is 1. The van der Waals surface area contributed by atoms with Gasteiger partial charge < -0.3 is 10.2 Å². The number of hydrogen-bond acceptors (Lipinski definition) is 3. The molecule has 0 spiro atoms. The fourth-order valence-corrected chi connectivity index (χ4v) is 3.54. The lowest BCUT2D eigenvalue weighted by molar-refractivity contribution is -0.118. The molecule has 3 rings (SSSR count). The number of rotatable bonds is 3. The number of aromatic nitrogens is 1. The number of fused-ring (bicyclic) bond motifs is 1. The van der Waals surface area contributed by atoms with Crippen LogP contribution < -0.4 is 0 Å². The highest BCUT2D eigenvalue weighted by atomic mass is 16.5. The molecule has 0 radical (unpaired) electrons. The SMILES string of the molecule is CCC(=O)c1cc(-c2ccc3c(c2)CN(O)CC3(C)C)[nH]c1C. The topological polar surface area (TPSA) is 56.3 Å². The summed E-state index contributed by atoms with van der Waals surface area (Å²) in [4.78, 5) is 15.3. The van der Waals surface area contributed by atoms with E-state index >= 15 is 0 Å². The first kappa shape index (κ1) is 16.0. The molecule has 23 heavy (non-hydrogen) atoms. The highest BCUT2D eigenvalue weighted by Gasteiger charge is 2.31. The minimum atomic E-state index is -0.0736. The molecule has 0 atom stereocenters. The van der Waals surface area contributed by atoms with Gasteiger partial charge in [-0.1, -0.05) is 32.9 Å². The Morgan fingerprint density at radius 3 is 2.78 bits per heavy atom. The van der Waals surface area contributed by atoms with Crippen LogP contribution in [-0.4, -0.2) is 27.6 Å². The van der Waals surface area contributed by atoms with Gasteiger partial charge in [0.15, 0.2) is 5.78 Å². The van der Waals surface area contributed by atoms with Crippen molar-refractivity contribution in [3.8, 4) is 11.3 Å². The van der Waals surface area contributed by atoms with Crippen molar-refractivity contribution < 1.29 is 10.0 Å². The molecular weight excluding hydrogens is 288 g/mol.